The highest BCUT2D eigenvalue weighted by atomic mass is 16.7. The number of carbonyl (C=O) groups excluding carboxylic acids is 1. The average Bonchev–Trinajstić information content (AvgIpc) is 2.85. The van der Waals surface area contributed by atoms with Gasteiger partial charge in [-0.05, 0) is 45.6 Å². The van der Waals surface area contributed by atoms with E-state index in [0.717, 1.165) is 19.3 Å². The summed E-state index contributed by atoms with van der Waals surface area (Å²) in [5.74, 6) is -0.958. The largest absolute Gasteiger partial charge is 0.388 e. The number of likely N-dealkylation sites (N-methyl/N-ethyl adjacent to an activating group) is 1. The molecule has 2 aliphatic heterocycles. The number of nitrogens with two attached hydrogens (primary N) is 2. The molecule has 6 unspecified atom stereocenters. The Hall–Kier alpha value is -0.970. The van der Waals surface area contributed by atoms with Crippen LogP contribution in [-0.2, 0) is 23.7 Å². The highest BCUT2D eigenvalue weighted by molar-refractivity contribution is 5.81. The molecule has 37 heavy (non-hydrogen) atoms. The van der Waals surface area contributed by atoms with Crippen molar-refractivity contribution in [2.24, 2.45) is 17.4 Å². The third-order valence-corrected chi connectivity index (χ3v) is 7.79. The minimum absolute atomic E-state index is 0.00901. The second-order valence-corrected chi connectivity index (χ2v) is 10.8. The second kappa shape index (κ2) is 12.9. The lowest BCUT2D eigenvalue weighted by atomic mass is 9.79. The Morgan fingerprint density at radius 3 is 2.49 bits per heavy atom. The zero-order valence-corrected chi connectivity index (χ0v) is 22.2. The van der Waals surface area contributed by atoms with Crippen LogP contribution in [-0.4, -0.2) is 119 Å². The van der Waals surface area contributed by atoms with Crippen molar-refractivity contribution in [3.05, 3.63) is 0 Å². The quantitative estimate of drug-likeness (QED) is 0.151. The van der Waals surface area contributed by atoms with Gasteiger partial charge in [-0.25, -0.2) is 0 Å². The van der Waals surface area contributed by atoms with Gasteiger partial charge in [-0.3, -0.25) is 4.79 Å². The molecule has 1 saturated carbocycles. The SMILES string of the molecule is CC[C@@H]1CCC(N)[C@@H](OC2C(O)C(O[C@H]3OCC(C)(O)[C@H](NC)C3O)[C@H](NC(=O)[C@@H](O)CN)C[C@@H]2C)O1. The number of nitrogens with one attached hydrogen (secondary N) is 2. The van der Waals surface area contributed by atoms with Crippen LogP contribution in [0.5, 0.6) is 0 Å². The molecule has 3 rings (SSSR count). The minimum atomic E-state index is -1.43. The third kappa shape index (κ3) is 6.97. The van der Waals surface area contributed by atoms with Crippen molar-refractivity contribution < 1.29 is 44.2 Å². The van der Waals surface area contributed by atoms with Crippen molar-refractivity contribution in [2.45, 2.75) is 119 Å². The summed E-state index contributed by atoms with van der Waals surface area (Å²) in [7, 11) is 1.60. The lowest BCUT2D eigenvalue weighted by molar-refractivity contribution is -0.311. The van der Waals surface area contributed by atoms with Crippen LogP contribution in [0.4, 0.5) is 0 Å². The van der Waals surface area contributed by atoms with E-state index in [9.17, 15) is 25.2 Å². The number of hydrogen-bond donors (Lipinski definition) is 8. The molecule has 0 radical (unpaired) electrons. The number of aliphatic hydroxyl groups is 4. The van der Waals surface area contributed by atoms with Gasteiger partial charge < -0.3 is 61.5 Å². The van der Waals surface area contributed by atoms with Gasteiger partial charge in [0.2, 0.25) is 5.91 Å². The van der Waals surface area contributed by atoms with Gasteiger partial charge in [-0.2, -0.15) is 0 Å². The molecular formula is C24H46N4O9. The molecule has 0 bridgehead atoms. The zero-order valence-electron chi connectivity index (χ0n) is 22.2. The third-order valence-electron chi connectivity index (χ3n) is 7.79. The molecule has 13 heteroatoms. The Labute approximate surface area is 218 Å². The number of hydrogen-bond acceptors (Lipinski definition) is 12. The molecule has 0 aromatic rings. The monoisotopic (exact) mass is 534 g/mol. The van der Waals surface area contributed by atoms with E-state index in [4.69, 9.17) is 30.4 Å². The molecular weight excluding hydrogens is 488 g/mol. The van der Waals surface area contributed by atoms with E-state index in [1.807, 2.05) is 13.8 Å². The summed E-state index contributed by atoms with van der Waals surface area (Å²) in [6.07, 6.45) is -5.06. The number of aliphatic hydroxyl groups excluding tert-OH is 3. The van der Waals surface area contributed by atoms with E-state index in [0.29, 0.717) is 6.42 Å². The van der Waals surface area contributed by atoms with Crippen LogP contribution < -0.4 is 22.1 Å². The van der Waals surface area contributed by atoms with Crippen LogP contribution in [0.1, 0.15) is 46.5 Å². The van der Waals surface area contributed by atoms with Crippen LogP contribution in [0, 0.1) is 5.92 Å². The Balaban J connectivity index is 1.81. The van der Waals surface area contributed by atoms with Crippen molar-refractivity contribution in [1.82, 2.24) is 10.6 Å². The number of carbonyl (C=O) groups is 1. The molecule has 13 nitrogen and oxygen atoms in total. The Bertz CT molecular complexity index is 747. The van der Waals surface area contributed by atoms with Crippen LogP contribution in [0.3, 0.4) is 0 Å². The molecule has 13 atom stereocenters. The number of amides is 1. The van der Waals surface area contributed by atoms with Crippen LogP contribution in [0.15, 0.2) is 0 Å². The molecule has 1 aliphatic carbocycles. The van der Waals surface area contributed by atoms with Crippen LogP contribution >= 0.6 is 0 Å². The lowest BCUT2D eigenvalue weighted by Gasteiger charge is -2.49. The molecule has 3 aliphatic rings. The maximum atomic E-state index is 12.5. The molecule has 0 aromatic heterocycles. The summed E-state index contributed by atoms with van der Waals surface area (Å²) in [6.45, 7) is 5.02. The van der Waals surface area contributed by atoms with E-state index in [1.165, 1.54) is 6.92 Å². The minimum Gasteiger partial charge on any atom is -0.388 e. The first-order valence-electron chi connectivity index (χ1n) is 13.2. The smallest absolute Gasteiger partial charge is 0.250 e. The van der Waals surface area contributed by atoms with Gasteiger partial charge in [0.1, 0.15) is 30.0 Å². The molecule has 0 aromatic carbocycles. The Kier molecular flexibility index (Phi) is 10.7. The molecule has 1 amide bonds. The summed E-state index contributed by atoms with van der Waals surface area (Å²) in [5, 5.41) is 48.4. The molecule has 10 N–H and O–H groups in total. The molecule has 0 spiro atoms. The number of ether oxygens (including phenoxy) is 4. The highest BCUT2D eigenvalue weighted by Crippen LogP contribution is 2.35. The first-order valence-corrected chi connectivity index (χ1v) is 13.2. The zero-order chi connectivity index (χ0) is 27.5. The maximum absolute atomic E-state index is 12.5. The van der Waals surface area contributed by atoms with E-state index < -0.39 is 66.7 Å². The Morgan fingerprint density at radius 2 is 1.86 bits per heavy atom. The van der Waals surface area contributed by atoms with Gasteiger partial charge in [0.05, 0.1) is 36.9 Å². The topological polar surface area (TPSA) is 211 Å². The predicted molar refractivity (Wildman–Crippen MR) is 132 cm³/mol. The van der Waals surface area contributed by atoms with E-state index in [1.54, 1.807) is 7.05 Å². The molecule has 2 heterocycles. The summed E-state index contributed by atoms with van der Waals surface area (Å²) in [4.78, 5) is 12.5. The summed E-state index contributed by atoms with van der Waals surface area (Å²) in [5.41, 5.74) is 10.3. The van der Waals surface area contributed by atoms with Crippen molar-refractivity contribution >= 4 is 5.91 Å². The van der Waals surface area contributed by atoms with E-state index >= 15 is 0 Å². The van der Waals surface area contributed by atoms with Crippen molar-refractivity contribution in [2.75, 3.05) is 20.2 Å². The molecule has 3 fully saturated rings. The van der Waals surface area contributed by atoms with Crippen LogP contribution in [0.25, 0.3) is 0 Å². The van der Waals surface area contributed by atoms with Crippen molar-refractivity contribution in [3.8, 4) is 0 Å². The summed E-state index contributed by atoms with van der Waals surface area (Å²) in [6, 6.07) is -1.89. The fraction of sp³-hybridized carbons (Fsp3) is 0.958. The predicted octanol–water partition coefficient (Wildman–Crippen LogP) is -2.74. The normalized spacial score (nSPS) is 45.8. The van der Waals surface area contributed by atoms with Gasteiger partial charge >= 0.3 is 0 Å². The molecule has 2 saturated heterocycles. The van der Waals surface area contributed by atoms with Gasteiger partial charge in [-0.1, -0.05) is 13.8 Å². The van der Waals surface area contributed by atoms with Crippen LogP contribution in [0.2, 0.25) is 0 Å². The van der Waals surface area contributed by atoms with Gasteiger partial charge in [0.25, 0.3) is 0 Å². The maximum Gasteiger partial charge on any atom is 0.250 e. The fourth-order valence-corrected chi connectivity index (χ4v) is 5.53. The van der Waals surface area contributed by atoms with E-state index in [-0.39, 0.29) is 31.2 Å². The summed E-state index contributed by atoms with van der Waals surface area (Å²) >= 11 is 0. The van der Waals surface area contributed by atoms with Gasteiger partial charge in [0, 0.05) is 6.54 Å². The van der Waals surface area contributed by atoms with Gasteiger partial charge in [-0.15, -0.1) is 0 Å². The molecule has 216 valence electrons. The fourth-order valence-electron chi connectivity index (χ4n) is 5.53. The van der Waals surface area contributed by atoms with Gasteiger partial charge in [0.15, 0.2) is 12.6 Å². The van der Waals surface area contributed by atoms with Crippen molar-refractivity contribution in [3.63, 3.8) is 0 Å². The summed E-state index contributed by atoms with van der Waals surface area (Å²) < 4.78 is 24.0. The average molecular weight is 535 g/mol. The highest BCUT2D eigenvalue weighted by Gasteiger charge is 2.51. The standard InChI is InChI=1S/C24H46N4O9/c1-5-12-6-7-13(26)22(35-12)36-18-11(2)8-14(28-21(32)15(29)9-25)19(16(18)30)37-23-17(31)20(27-4)24(3,33)10-34-23/h11-20,22-23,27,29-31,33H,5-10,25-26H2,1-4H3,(H,28,32)/t11-,12+,13?,14+,15-,16?,17?,18?,19?,20+,22+,23+,24?/m0/s1. The first kappa shape index (κ1) is 30.6. The number of rotatable bonds is 9. The second-order valence-electron chi connectivity index (χ2n) is 10.8. The van der Waals surface area contributed by atoms with E-state index in [2.05, 4.69) is 10.6 Å². The first-order chi connectivity index (χ1) is 17.4. The lowest BCUT2D eigenvalue weighted by Crippen LogP contribution is -2.68. The Morgan fingerprint density at radius 1 is 1.19 bits per heavy atom. The van der Waals surface area contributed by atoms with Crippen molar-refractivity contribution in [1.29, 1.82) is 0 Å².